The van der Waals surface area contributed by atoms with Crippen LogP contribution in [0.15, 0.2) is 54.1 Å². The summed E-state index contributed by atoms with van der Waals surface area (Å²) in [6.45, 7) is 8.46. The number of piperazine rings is 1. The summed E-state index contributed by atoms with van der Waals surface area (Å²) in [5.41, 5.74) is 1.80. The van der Waals surface area contributed by atoms with Crippen molar-refractivity contribution in [1.82, 2.24) is 19.5 Å². The molecule has 9 heteroatoms. The van der Waals surface area contributed by atoms with Crippen molar-refractivity contribution in [3.05, 3.63) is 65.2 Å². The minimum atomic E-state index is -3.50. The SMILES string of the molecule is CCN1CCN(c2ccc(CNC(=O)C3CCN(S(=O)(=O)/C=C/c4ccccc4)CC3)cn2)CC1. The summed E-state index contributed by atoms with van der Waals surface area (Å²) < 4.78 is 26.7. The summed E-state index contributed by atoms with van der Waals surface area (Å²) >= 11 is 0. The van der Waals surface area contributed by atoms with Crippen molar-refractivity contribution < 1.29 is 13.2 Å². The van der Waals surface area contributed by atoms with Gasteiger partial charge in [-0.05, 0) is 42.7 Å². The maximum absolute atomic E-state index is 12.7. The molecule has 2 aromatic rings. The summed E-state index contributed by atoms with van der Waals surface area (Å²) in [6.07, 6.45) is 4.48. The zero-order chi connectivity index (χ0) is 24.7. The molecule has 4 rings (SSSR count). The maximum Gasteiger partial charge on any atom is 0.236 e. The monoisotopic (exact) mass is 497 g/mol. The third kappa shape index (κ3) is 6.90. The van der Waals surface area contributed by atoms with E-state index in [-0.39, 0.29) is 11.8 Å². The number of amides is 1. The Balaban J connectivity index is 1.22. The standard InChI is InChI=1S/C26H35N5O3S/c1-2-29-15-17-30(18-16-29)25-9-8-23(20-27-25)21-28-26(32)24-10-13-31(14-11-24)35(33,34)19-12-22-6-4-3-5-7-22/h3-9,12,19-20,24H,2,10-11,13-18,21H2,1H3,(H,28,32)/b19-12+. The lowest BCUT2D eigenvalue weighted by Crippen LogP contribution is -2.46. The Bertz CT molecular complexity index is 1090. The molecule has 0 radical (unpaired) electrons. The Hall–Kier alpha value is -2.75. The van der Waals surface area contributed by atoms with Gasteiger partial charge in [0.15, 0.2) is 0 Å². The third-order valence-corrected chi connectivity index (χ3v) is 8.40. The second-order valence-electron chi connectivity index (χ2n) is 9.10. The number of nitrogens with zero attached hydrogens (tertiary/aromatic N) is 4. The van der Waals surface area contributed by atoms with Crippen molar-refractivity contribution in [1.29, 1.82) is 0 Å². The van der Waals surface area contributed by atoms with Gasteiger partial charge in [-0.2, -0.15) is 4.31 Å². The Morgan fingerprint density at radius 2 is 1.74 bits per heavy atom. The van der Waals surface area contributed by atoms with E-state index in [0.717, 1.165) is 49.7 Å². The Morgan fingerprint density at radius 3 is 2.37 bits per heavy atom. The molecule has 0 spiro atoms. The average Bonchev–Trinajstić information content (AvgIpc) is 2.91. The van der Waals surface area contributed by atoms with Crippen molar-refractivity contribution in [2.75, 3.05) is 50.7 Å². The molecule has 2 saturated heterocycles. The van der Waals surface area contributed by atoms with E-state index in [1.54, 1.807) is 6.08 Å². The summed E-state index contributed by atoms with van der Waals surface area (Å²) in [6, 6.07) is 13.4. The first kappa shape index (κ1) is 25.3. The fourth-order valence-electron chi connectivity index (χ4n) is 4.52. The topological polar surface area (TPSA) is 85.9 Å². The third-order valence-electron chi connectivity index (χ3n) is 6.84. The van der Waals surface area contributed by atoms with E-state index >= 15 is 0 Å². The van der Waals surface area contributed by atoms with Crippen molar-refractivity contribution in [2.45, 2.75) is 26.3 Å². The lowest BCUT2D eigenvalue weighted by atomic mass is 9.97. The van der Waals surface area contributed by atoms with Gasteiger partial charge in [-0.1, -0.05) is 43.3 Å². The highest BCUT2D eigenvalue weighted by Crippen LogP contribution is 2.21. The van der Waals surface area contributed by atoms with Crippen molar-refractivity contribution in [3.63, 3.8) is 0 Å². The van der Waals surface area contributed by atoms with E-state index < -0.39 is 10.0 Å². The van der Waals surface area contributed by atoms with Crippen LogP contribution < -0.4 is 10.2 Å². The van der Waals surface area contributed by atoms with Crippen LogP contribution >= 0.6 is 0 Å². The number of sulfonamides is 1. The van der Waals surface area contributed by atoms with E-state index in [4.69, 9.17) is 0 Å². The van der Waals surface area contributed by atoms with Crippen LogP contribution in [-0.2, 0) is 21.4 Å². The number of hydrogen-bond acceptors (Lipinski definition) is 6. The molecule has 1 aromatic heterocycles. The zero-order valence-corrected chi connectivity index (χ0v) is 21.2. The van der Waals surface area contributed by atoms with Crippen molar-refractivity contribution >= 4 is 27.8 Å². The van der Waals surface area contributed by atoms with Gasteiger partial charge in [0.1, 0.15) is 5.82 Å². The van der Waals surface area contributed by atoms with Crippen LogP contribution in [0.25, 0.3) is 6.08 Å². The van der Waals surface area contributed by atoms with Crippen LogP contribution in [0, 0.1) is 5.92 Å². The van der Waals surface area contributed by atoms with Crippen LogP contribution in [-0.4, -0.2) is 74.3 Å². The number of carbonyl (C=O) groups excluding carboxylic acids is 1. The Morgan fingerprint density at radius 1 is 1.03 bits per heavy atom. The molecule has 1 N–H and O–H groups in total. The predicted molar refractivity (Wildman–Crippen MR) is 139 cm³/mol. The van der Waals surface area contributed by atoms with Gasteiger partial charge in [-0.25, -0.2) is 13.4 Å². The molecule has 0 bridgehead atoms. The summed E-state index contributed by atoms with van der Waals surface area (Å²) in [7, 11) is -3.50. The lowest BCUT2D eigenvalue weighted by Gasteiger charge is -2.34. The molecule has 0 saturated carbocycles. The second-order valence-corrected chi connectivity index (χ2v) is 10.9. The van der Waals surface area contributed by atoms with Gasteiger partial charge in [0.05, 0.1) is 0 Å². The molecular weight excluding hydrogens is 462 g/mol. The number of benzene rings is 1. The van der Waals surface area contributed by atoms with E-state index in [0.29, 0.717) is 32.5 Å². The molecule has 0 aliphatic carbocycles. The fraction of sp³-hybridized carbons (Fsp3) is 0.462. The van der Waals surface area contributed by atoms with Gasteiger partial charge in [0.2, 0.25) is 15.9 Å². The minimum Gasteiger partial charge on any atom is -0.354 e. The van der Waals surface area contributed by atoms with Gasteiger partial charge in [-0.15, -0.1) is 0 Å². The van der Waals surface area contributed by atoms with Gasteiger partial charge in [-0.3, -0.25) is 4.79 Å². The number of aromatic nitrogens is 1. The molecule has 2 aliphatic heterocycles. The maximum atomic E-state index is 12.7. The van der Waals surface area contributed by atoms with Gasteiger partial charge in [0.25, 0.3) is 0 Å². The number of carbonyl (C=O) groups is 1. The zero-order valence-electron chi connectivity index (χ0n) is 20.3. The van der Waals surface area contributed by atoms with Crippen molar-refractivity contribution in [2.24, 2.45) is 5.92 Å². The molecule has 0 unspecified atom stereocenters. The number of anilines is 1. The highest BCUT2D eigenvalue weighted by atomic mass is 32.2. The summed E-state index contributed by atoms with van der Waals surface area (Å²) in [5.74, 6) is 0.772. The smallest absolute Gasteiger partial charge is 0.236 e. The first-order chi connectivity index (χ1) is 16.9. The lowest BCUT2D eigenvalue weighted by molar-refractivity contribution is -0.126. The minimum absolute atomic E-state index is 0.0263. The molecule has 1 aromatic carbocycles. The fourth-order valence-corrected chi connectivity index (χ4v) is 5.74. The summed E-state index contributed by atoms with van der Waals surface area (Å²) in [5, 5.41) is 4.25. The number of pyridine rings is 1. The molecular formula is C26H35N5O3S. The molecule has 188 valence electrons. The normalized spacial score (nSPS) is 18.7. The second kappa shape index (κ2) is 11.8. The first-order valence-electron chi connectivity index (χ1n) is 12.4. The van der Waals surface area contributed by atoms with Crippen molar-refractivity contribution in [3.8, 4) is 0 Å². The van der Waals surface area contributed by atoms with Gasteiger partial charge in [0, 0.05) is 63.3 Å². The van der Waals surface area contributed by atoms with Crippen LogP contribution in [0.3, 0.4) is 0 Å². The van der Waals surface area contributed by atoms with Crippen LogP contribution in [0.2, 0.25) is 0 Å². The van der Waals surface area contributed by atoms with E-state index in [1.165, 1.54) is 9.71 Å². The highest BCUT2D eigenvalue weighted by molar-refractivity contribution is 7.92. The first-order valence-corrected chi connectivity index (χ1v) is 13.9. The Labute approximate surface area is 208 Å². The predicted octanol–water partition coefficient (Wildman–Crippen LogP) is 2.55. The molecule has 2 fully saturated rings. The van der Waals surface area contributed by atoms with Gasteiger partial charge < -0.3 is 15.1 Å². The number of piperidine rings is 1. The number of rotatable bonds is 8. The number of nitrogens with one attached hydrogen (secondary N) is 1. The van der Waals surface area contributed by atoms with Crippen LogP contribution in [0.5, 0.6) is 0 Å². The van der Waals surface area contributed by atoms with Crippen LogP contribution in [0.1, 0.15) is 30.9 Å². The quantitative estimate of drug-likeness (QED) is 0.603. The van der Waals surface area contributed by atoms with E-state index in [2.05, 4.69) is 27.0 Å². The largest absolute Gasteiger partial charge is 0.354 e. The number of hydrogen-bond donors (Lipinski definition) is 1. The molecule has 3 heterocycles. The molecule has 35 heavy (non-hydrogen) atoms. The van der Waals surface area contributed by atoms with Crippen LogP contribution in [0.4, 0.5) is 5.82 Å². The Kier molecular flexibility index (Phi) is 8.54. The molecule has 8 nitrogen and oxygen atoms in total. The highest BCUT2D eigenvalue weighted by Gasteiger charge is 2.29. The molecule has 0 atom stereocenters. The molecule has 2 aliphatic rings. The molecule has 1 amide bonds. The van der Waals surface area contributed by atoms with E-state index in [1.807, 2.05) is 48.7 Å². The van der Waals surface area contributed by atoms with Gasteiger partial charge >= 0.3 is 0 Å². The van der Waals surface area contributed by atoms with E-state index in [9.17, 15) is 13.2 Å². The summed E-state index contributed by atoms with van der Waals surface area (Å²) in [4.78, 5) is 22.0. The average molecular weight is 498 g/mol. The number of likely N-dealkylation sites (N-methyl/N-ethyl adjacent to an activating group) is 1.